The highest BCUT2D eigenvalue weighted by Crippen LogP contribution is 2.21. The Morgan fingerprint density at radius 1 is 0.944 bits per heavy atom. The average Bonchev–Trinajstić information content (AvgIpc) is 2.30. The summed E-state index contributed by atoms with van der Waals surface area (Å²) in [5.74, 6) is 0.673. The fourth-order valence-corrected chi connectivity index (χ4v) is 1.94. The molecule has 2 aromatic carbocycles. The third-order valence-corrected chi connectivity index (χ3v) is 3.02. The van der Waals surface area contributed by atoms with E-state index in [1.807, 2.05) is 26.0 Å². The Morgan fingerprint density at radius 3 is 2.39 bits per heavy atom. The summed E-state index contributed by atoms with van der Waals surface area (Å²) in [7, 11) is 0. The van der Waals surface area contributed by atoms with Crippen molar-refractivity contribution in [2.75, 3.05) is 0 Å². The summed E-state index contributed by atoms with van der Waals surface area (Å²) in [5.41, 5.74) is 4.27. The van der Waals surface area contributed by atoms with E-state index in [4.69, 9.17) is 4.74 Å². The predicted molar refractivity (Wildman–Crippen MR) is 71.4 cm³/mol. The van der Waals surface area contributed by atoms with Crippen molar-refractivity contribution < 1.29 is 9.13 Å². The van der Waals surface area contributed by atoms with E-state index in [2.05, 4.69) is 13.0 Å². The second-order valence-corrected chi connectivity index (χ2v) is 4.63. The summed E-state index contributed by atoms with van der Waals surface area (Å²) in [6.45, 7) is 6.44. The lowest BCUT2D eigenvalue weighted by Gasteiger charge is -2.11. The van der Waals surface area contributed by atoms with E-state index >= 15 is 0 Å². The number of ether oxygens (including phenoxy) is 1. The standard InChI is InChI=1S/C16H17FO/c1-11-4-7-16(13(3)8-11)18-10-14-5-6-15(17)9-12(14)2/h4-9H,10H2,1-3H3. The molecule has 0 heterocycles. The van der Waals surface area contributed by atoms with Gasteiger partial charge in [0.05, 0.1) is 0 Å². The maximum atomic E-state index is 13.0. The van der Waals surface area contributed by atoms with Gasteiger partial charge in [-0.1, -0.05) is 23.8 Å². The first-order valence-electron chi connectivity index (χ1n) is 6.01. The van der Waals surface area contributed by atoms with Gasteiger partial charge in [0.1, 0.15) is 18.2 Å². The monoisotopic (exact) mass is 244 g/mol. The molecule has 0 aliphatic rings. The highest BCUT2D eigenvalue weighted by atomic mass is 19.1. The van der Waals surface area contributed by atoms with Gasteiger partial charge in [0.25, 0.3) is 0 Å². The Bertz CT molecular complexity index is 510. The minimum absolute atomic E-state index is 0.206. The average molecular weight is 244 g/mol. The van der Waals surface area contributed by atoms with Crippen LogP contribution in [0.5, 0.6) is 5.75 Å². The molecule has 0 N–H and O–H groups in total. The topological polar surface area (TPSA) is 9.23 Å². The van der Waals surface area contributed by atoms with E-state index in [1.54, 1.807) is 6.07 Å². The van der Waals surface area contributed by atoms with Crippen LogP contribution < -0.4 is 4.74 Å². The second-order valence-electron chi connectivity index (χ2n) is 4.63. The van der Waals surface area contributed by atoms with E-state index in [1.165, 1.54) is 17.7 Å². The van der Waals surface area contributed by atoms with E-state index < -0.39 is 0 Å². The molecule has 0 amide bonds. The third kappa shape index (κ3) is 2.89. The number of hydrogen-bond donors (Lipinski definition) is 0. The number of benzene rings is 2. The van der Waals surface area contributed by atoms with Gasteiger partial charge in [-0.2, -0.15) is 0 Å². The first kappa shape index (κ1) is 12.6. The fourth-order valence-electron chi connectivity index (χ4n) is 1.94. The molecular formula is C16H17FO. The molecule has 0 atom stereocenters. The largest absolute Gasteiger partial charge is 0.489 e. The molecule has 0 saturated heterocycles. The van der Waals surface area contributed by atoms with Gasteiger partial charge in [-0.05, 0) is 55.7 Å². The molecule has 2 rings (SSSR count). The summed E-state index contributed by atoms with van der Waals surface area (Å²) < 4.78 is 18.8. The molecule has 94 valence electrons. The molecule has 0 spiro atoms. The molecule has 0 saturated carbocycles. The van der Waals surface area contributed by atoms with Crippen molar-refractivity contribution in [2.24, 2.45) is 0 Å². The molecule has 0 bridgehead atoms. The van der Waals surface area contributed by atoms with Crippen LogP contribution in [0.4, 0.5) is 4.39 Å². The normalized spacial score (nSPS) is 10.4. The smallest absolute Gasteiger partial charge is 0.123 e. The molecule has 0 aliphatic heterocycles. The Labute approximate surface area is 107 Å². The van der Waals surface area contributed by atoms with Gasteiger partial charge in [-0.15, -0.1) is 0 Å². The molecule has 0 aliphatic carbocycles. The van der Waals surface area contributed by atoms with Gasteiger partial charge in [-0.3, -0.25) is 0 Å². The van der Waals surface area contributed by atoms with Crippen molar-refractivity contribution in [1.82, 2.24) is 0 Å². The van der Waals surface area contributed by atoms with Crippen molar-refractivity contribution in [3.05, 3.63) is 64.5 Å². The summed E-state index contributed by atoms with van der Waals surface area (Å²) >= 11 is 0. The van der Waals surface area contributed by atoms with Crippen molar-refractivity contribution in [1.29, 1.82) is 0 Å². The Morgan fingerprint density at radius 2 is 1.72 bits per heavy atom. The SMILES string of the molecule is Cc1ccc(OCc2ccc(F)cc2C)c(C)c1. The number of aryl methyl sites for hydroxylation is 3. The van der Waals surface area contributed by atoms with E-state index in [0.717, 1.165) is 22.4 Å². The minimum Gasteiger partial charge on any atom is -0.489 e. The van der Waals surface area contributed by atoms with Crippen LogP contribution >= 0.6 is 0 Å². The van der Waals surface area contributed by atoms with Gasteiger partial charge < -0.3 is 4.74 Å². The Kier molecular flexibility index (Phi) is 3.66. The van der Waals surface area contributed by atoms with Crippen LogP contribution in [0.1, 0.15) is 22.3 Å². The molecule has 0 aromatic heterocycles. The summed E-state index contributed by atoms with van der Waals surface area (Å²) in [6.07, 6.45) is 0. The number of rotatable bonds is 3. The van der Waals surface area contributed by atoms with Gasteiger partial charge >= 0.3 is 0 Å². The first-order chi connectivity index (χ1) is 8.56. The zero-order valence-electron chi connectivity index (χ0n) is 11.0. The summed E-state index contributed by atoms with van der Waals surface area (Å²) in [6, 6.07) is 10.9. The van der Waals surface area contributed by atoms with Crippen molar-refractivity contribution in [3.63, 3.8) is 0 Å². The molecule has 0 fully saturated rings. The highest BCUT2D eigenvalue weighted by Gasteiger charge is 2.03. The van der Waals surface area contributed by atoms with Gasteiger partial charge in [0, 0.05) is 0 Å². The number of hydrogen-bond acceptors (Lipinski definition) is 1. The van der Waals surface area contributed by atoms with Crippen molar-refractivity contribution >= 4 is 0 Å². The Hall–Kier alpha value is -1.83. The van der Waals surface area contributed by atoms with Gasteiger partial charge in [0.15, 0.2) is 0 Å². The zero-order valence-corrected chi connectivity index (χ0v) is 11.0. The van der Waals surface area contributed by atoms with Crippen molar-refractivity contribution in [2.45, 2.75) is 27.4 Å². The molecule has 0 radical (unpaired) electrons. The lowest BCUT2D eigenvalue weighted by molar-refractivity contribution is 0.303. The number of halogens is 1. The van der Waals surface area contributed by atoms with Gasteiger partial charge in [-0.25, -0.2) is 4.39 Å². The molecule has 2 heteroatoms. The predicted octanol–water partition coefficient (Wildman–Crippen LogP) is 4.33. The van der Waals surface area contributed by atoms with E-state index in [0.29, 0.717) is 6.61 Å². The zero-order chi connectivity index (χ0) is 13.1. The van der Waals surface area contributed by atoms with E-state index in [9.17, 15) is 4.39 Å². The Balaban J connectivity index is 2.11. The molecular weight excluding hydrogens is 227 g/mol. The van der Waals surface area contributed by atoms with Crippen LogP contribution in [0.3, 0.4) is 0 Å². The quantitative estimate of drug-likeness (QED) is 0.780. The fraction of sp³-hybridized carbons (Fsp3) is 0.250. The highest BCUT2D eigenvalue weighted by molar-refractivity contribution is 5.36. The molecule has 18 heavy (non-hydrogen) atoms. The van der Waals surface area contributed by atoms with Crippen LogP contribution in [0.2, 0.25) is 0 Å². The first-order valence-corrected chi connectivity index (χ1v) is 6.01. The van der Waals surface area contributed by atoms with Crippen LogP contribution in [0, 0.1) is 26.6 Å². The molecule has 1 nitrogen and oxygen atoms in total. The minimum atomic E-state index is -0.206. The third-order valence-electron chi connectivity index (χ3n) is 3.02. The van der Waals surface area contributed by atoms with Gasteiger partial charge in [0.2, 0.25) is 0 Å². The maximum Gasteiger partial charge on any atom is 0.123 e. The van der Waals surface area contributed by atoms with Crippen LogP contribution in [-0.4, -0.2) is 0 Å². The lowest BCUT2D eigenvalue weighted by Crippen LogP contribution is -1.99. The molecule has 2 aromatic rings. The van der Waals surface area contributed by atoms with E-state index in [-0.39, 0.29) is 5.82 Å². The molecule has 0 unspecified atom stereocenters. The van der Waals surface area contributed by atoms with Crippen LogP contribution in [0.15, 0.2) is 36.4 Å². The van der Waals surface area contributed by atoms with Crippen LogP contribution in [-0.2, 0) is 6.61 Å². The summed E-state index contributed by atoms with van der Waals surface area (Å²) in [5, 5.41) is 0. The second kappa shape index (κ2) is 5.21. The van der Waals surface area contributed by atoms with Crippen molar-refractivity contribution in [3.8, 4) is 5.75 Å². The maximum absolute atomic E-state index is 13.0. The summed E-state index contributed by atoms with van der Waals surface area (Å²) in [4.78, 5) is 0. The van der Waals surface area contributed by atoms with Crippen LogP contribution in [0.25, 0.3) is 0 Å². The lowest BCUT2D eigenvalue weighted by atomic mass is 10.1.